The first-order valence-corrected chi connectivity index (χ1v) is 7.61. The molecule has 0 spiro atoms. The molecular weight excluding hydrogens is 254 g/mol. The molecule has 5 nitrogen and oxygen atoms in total. The van der Waals surface area contributed by atoms with Crippen LogP contribution in [0.1, 0.15) is 32.1 Å². The van der Waals surface area contributed by atoms with E-state index >= 15 is 0 Å². The Kier molecular flexibility index (Phi) is 5.29. The summed E-state index contributed by atoms with van der Waals surface area (Å²) in [5, 5.41) is 29.2. The summed E-state index contributed by atoms with van der Waals surface area (Å²) in [5.74, 6) is 0. The van der Waals surface area contributed by atoms with Crippen LogP contribution in [0.2, 0.25) is 0 Å². The second-order valence-electron chi connectivity index (χ2n) is 5.18. The number of aliphatic hydroxyl groups excluding tert-OH is 3. The van der Waals surface area contributed by atoms with E-state index in [1.165, 1.54) is 19.3 Å². The van der Waals surface area contributed by atoms with Crippen LogP contribution < -0.4 is 5.73 Å². The normalized spacial score (nSPS) is 43.0. The smallest absolute Gasteiger partial charge is 0.121 e. The standard InChI is InChI=1S/C12H23NO4S/c13-9-11(16)10(15)8(6-14)17-12(9)18-7-4-2-1-3-5-7/h7-12,14-16H,1-6,13H2/t8-,9-,10-,11-,12-/m1/s1. The number of hydrogen-bond donors (Lipinski definition) is 4. The van der Waals surface area contributed by atoms with Crippen LogP contribution in [0.25, 0.3) is 0 Å². The molecule has 0 aromatic rings. The van der Waals surface area contributed by atoms with E-state index in [2.05, 4.69) is 0 Å². The fourth-order valence-corrected chi connectivity index (χ4v) is 4.15. The van der Waals surface area contributed by atoms with E-state index in [0.29, 0.717) is 5.25 Å². The lowest BCUT2D eigenvalue weighted by Gasteiger charge is -2.41. The fraction of sp³-hybridized carbons (Fsp3) is 1.00. The predicted molar refractivity (Wildman–Crippen MR) is 70.2 cm³/mol. The molecule has 1 saturated heterocycles. The van der Waals surface area contributed by atoms with Gasteiger partial charge in [-0.05, 0) is 12.8 Å². The Balaban J connectivity index is 1.93. The van der Waals surface area contributed by atoms with Crippen LogP contribution >= 0.6 is 11.8 Å². The van der Waals surface area contributed by atoms with Crippen LogP contribution in [0.3, 0.4) is 0 Å². The van der Waals surface area contributed by atoms with Gasteiger partial charge in [0.25, 0.3) is 0 Å². The molecule has 0 aromatic carbocycles. The van der Waals surface area contributed by atoms with Gasteiger partial charge in [-0.1, -0.05) is 19.3 Å². The lowest BCUT2D eigenvalue weighted by Crippen LogP contribution is -2.61. The van der Waals surface area contributed by atoms with Gasteiger partial charge >= 0.3 is 0 Å². The average molecular weight is 277 g/mol. The van der Waals surface area contributed by atoms with E-state index < -0.39 is 24.4 Å². The van der Waals surface area contributed by atoms with Crippen LogP contribution in [0.4, 0.5) is 0 Å². The van der Waals surface area contributed by atoms with Crippen molar-refractivity contribution < 1.29 is 20.1 Å². The van der Waals surface area contributed by atoms with Gasteiger partial charge in [0.2, 0.25) is 0 Å². The van der Waals surface area contributed by atoms with Crippen LogP contribution in [-0.4, -0.2) is 57.0 Å². The van der Waals surface area contributed by atoms with E-state index in [-0.39, 0.29) is 12.0 Å². The average Bonchev–Trinajstić information content (AvgIpc) is 2.40. The predicted octanol–water partition coefficient (Wildman–Crippen LogP) is -0.181. The molecule has 1 aliphatic heterocycles. The zero-order valence-corrected chi connectivity index (χ0v) is 11.3. The first-order chi connectivity index (χ1) is 8.63. The van der Waals surface area contributed by atoms with Crippen molar-refractivity contribution in [3.8, 4) is 0 Å². The first kappa shape index (κ1) is 14.6. The Morgan fingerprint density at radius 1 is 1.11 bits per heavy atom. The summed E-state index contributed by atoms with van der Waals surface area (Å²) in [5.41, 5.74) is 5.57. The van der Waals surface area contributed by atoms with Crippen LogP contribution in [0.5, 0.6) is 0 Å². The molecule has 1 heterocycles. The summed E-state index contributed by atoms with van der Waals surface area (Å²) in [6, 6.07) is -0.602. The quantitative estimate of drug-likeness (QED) is 0.571. The molecule has 18 heavy (non-hydrogen) atoms. The number of hydrogen-bond acceptors (Lipinski definition) is 6. The first-order valence-electron chi connectivity index (χ1n) is 6.67. The third-order valence-electron chi connectivity index (χ3n) is 3.81. The van der Waals surface area contributed by atoms with Crippen molar-refractivity contribution in [2.24, 2.45) is 5.73 Å². The number of aliphatic hydroxyl groups is 3. The van der Waals surface area contributed by atoms with Crippen molar-refractivity contribution in [1.82, 2.24) is 0 Å². The van der Waals surface area contributed by atoms with Crippen molar-refractivity contribution in [3.63, 3.8) is 0 Å². The fourth-order valence-electron chi connectivity index (χ4n) is 2.62. The van der Waals surface area contributed by atoms with E-state index in [1.807, 2.05) is 0 Å². The van der Waals surface area contributed by atoms with Crippen molar-refractivity contribution in [1.29, 1.82) is 0 Å². The van der Waals surface area contributed by atoms with Gasteiger partial charge in [0.1, 0.15) is 23.7 Å². The maximum Gasteiger partial charge on any atom is 0.121 e. The zero-order valence-electron chi connectivity index (χ0n) is 10.4. The molecule has 1 saturated carbocycles. The molecule has 0 bridgehead atoms. The topological polar surface area (TPSA) is 95.9 Å². The van der Waals surface area contributed by atoms with Gasteiger partial charge in [0.15, 0.2) is 0 Å². The maximum absolute atomic E-state index is 9.87. The molecule has 0 unspecified atom stereocenters. The van der Waals surface area contributed by atoms with Gasteiger partial charge in [-0.3, -0.25) is 0 Å². The molecule has 6 heteroatoms. The Labute approximate surface area is 112 Å². The molecule has 106 valence electrons. The second kappa shape index (κ2) is 6.54. The number of nitrogens with two attached hydrogens (primary N) is 1. The van der Waals surface area contributed by atoms with E-state index in [4.69, 9.17) is 15.6 Å². The molecule has 0 radical (unpaired) electrons. The third kappa shape index (κ3) is 3.18. The lowest BCUT2D eigenvalue weighted by atomic mass is 9.99. The largest absolute Gasteiger partial charge is 0.394 e. The SMILES string of the molecule is N[C@@H]1[C@@H](O)[C@H](O)[C@@H](CO)O[C@@H]1SC1CCCCC1. The van der Waals surface area contributed by atoms with Gasteiger partial charge in [-0.15, -0.1) is 11.8 Å². The summed E-state index contributed by atoms with van der Waals surface area (Å²) in [4.78, 5) is 0. The Morgan fingerprint density at radius 2 is 1.78 bits per heavy atom. The van der Waals surface area contributed by atoms with Gasteiger partial charge < -0.3 is 25.8 Å². The highest BCUT2D eigenvalue weighted by molar-refractivity contribution is 8.00. The van der Waals surface area contributed by atoms with Crippen molar-refractivity contribution in [3.05, 3.63) is 0 Å². The molecule has 2 aliphatic rings. The number of ether oxygens (including phenoxy) is 1. The number of rotatable bonds is 3. The van der Waals surface area contributed by atoms with Crippen molar-refractivity contribution >= 4 is 11.8 Å². The maximum atomic E-state index is 9.87. The zero-order chi connectivity index (χ0) is 13.1. The molecule has 2 fully saturated rings. The minimum absolute atomic E-state index is 0.299. The highest BCUT2D eigenvalue weighted by Gasteiger charge is 2.43. The van der Waals surface area contributed by atoms with E-state index in [1.54, 1.807) is 11.8 Å². The highest BCUT2D eigenvalue weighted by atomic mass is 32.2. The summed E-state index contributed by atoms with van der Waals surface area (Å²) in [6.07, 6.45) is 3.18. The van der Waals surface area contributed by atoms with Crippen LogP contribution in [0.15, 0.2) is 0 Å². The molecule has 1 aliphatic carbocycles. The van der Waals surface area contributed by atoms with Crippen LogP contribution in [0, 0.1) is 0 Å². The highest BCUT2D eigenvalue weighted by Crippen LogP contribution is 2.35. The van der Waals surface area contributed by atoms with Gasteiger partial charge in [0.05, 0.1) is 12.6 Å². The molecular formula is C12H23NO4S. The molecule has 0 aromatic heterocycles. The van der Waals surface area contributed by atoms with Crippen molar-refractivity contribution in [2.75, 3.05) is 6.61 Å². The van der Waals surface area contributed by atoms with Crippen LogP contribution in [-0.2, 0) is 4.74 Å². The molecule has 5 N–H and O–H groups in total. The molecule has 2 rings (SSSR count). The molecule has 0 amide bonds. The molecule has 5 atom stereocenters. The second-order valence-corrected chi connectivity index (χ2v) is 6.58. The monoisotopic (exact) mass is 277 g/mol. The minimum atomic E-state index is -1.10. The lowest BCUT2D eigenvalue weighted by molar-refractivity contribution is -0.166. The van der Waals surface area contributed by atoms with E-state index in [9.17, 15) is 10.2 Å². The summed E-state index contributed by atoms with van der Waals surface area (Å²) >= 11 is 1.65. The Hall–Kier alpha value is 0.150. The third-order valence-corrected chi connectivity index (χ3v) is 5.36. The Morgan fingerprint density at radius 3 is 2.39 bits per heavy atom. The van der Waals surface area contributed by atoms with Gasteiger partial charge in [-0.2, -0.15) is 0 Å². The summed E-state index contributed by atoms with van der Waals surface area (Å²) < 4.78 is 5.61. The van der Waals surface area contributed by atoms with E-state index in [0.717, 1.165) is 12.8 Å². The summed E-state index contributed by atoms with van der Waals surface area (Å²) in [7, 11) is 0. The van der Waals surface area contributed by atoms with Gasteiger partial charge in [0, 0.05) is 5.25 Å². The van der Waals surface area contributed by atoms with Gasteiger partial charge in [-0.25, -0.2) is 0 Å². The number of thioether (sulfide) groups is 1. The van der Waals surface area contributed by atoms with Crippen molar-refractivity contribution in [2.45, 2.75) is 67.1 Å². The summed E-state index contributed by atoms with van der Waals surface area (Å²) in [6.45, 7) is -0.299. The Bertz CT molecular complexity index is 260. The minimum Gasteiger partial charge on any atom is -0.394 e.